The van der Waals surface area contributed by atoms with Gasteiger partial charge in [-0.2, -0.15) is 0 Å². The number of hydrogen-bond donors (Lipinski definition) is 0. The molecule has 1 radical (unpaired) electrons. The Morgan fingerprint density at radius 1 is 1.22 bits per heavy atom. The van der Waals surface area contributed by atoms with Crippen LogP contribution in [0.4, 0.5) is 0 Å². The minimum atomic E-state index is 0.586. The second-order valence-electron chi connectivity index (χ2n) is 1.34. The van der Waals surface area contributed by atoms with Crippen molar-refractivity contribution in [1.82, 2.24) is 0 Å². The predicted molar refractivity (Wildman–Crippen MR) is 42.4 cm³/mol. The molecule has 0 amide bonds. The molecule has 0 heterocycles. The predicted octanol–water partition coefficient (Wildman–Crippen LogP) is 2.04. The van der Waals surface area contributed by atoms with Gasteiger partial charge in [0.25, 0.3) is 0 Å². The first-order valence-electron chi connectivity index (χ1n) is 2.71. The van der Waals surface area contributed by atoms with Crippen molar-refractivity contribution in [2.75, 3.05) is 0 Å². The van der Waals surface area contributed by atoms with Crippen LogP contribution in [-0.2, 0) is 0 Å². The van der Waals surface area contributed by atoms with E-state index >= 15 is 0 Å². The molecule has 0 unspecified atom stereocenters. The minimum Gasteiger partial charge on any atom is -0.202 e. The van der Waals surface area contributed by atoms with Crippen molar-refractivity contribution in [1.29, 1.82) is 5.26 Å². The van der Waals surface area contributed by atoms with Crippen molar-refractivity contribution in [3.8, 4) is 6.57 Å². The summed E-state index contributed by atoms with van der Waals surface area (Å²) < 4.78 is 0. The van der Waals surface area contributed by atoms with Crippen LogP contribution in [0.25, 0.3) is 0 Å². The molecular weight excluding hydrogens is 125 g/mol. The molecule has 0 aliphatic heterocycles. The summed E-state index contributed by atoms with van der Waals surface area (Å²) >= 11 is 0.586. The van der Waals surface area contributed by atoms with E-state index in [9.17, 15) is 0 Å². The van der Waals surface area contributed by atoms with Crippen LogP contribution < -0.4 is 0 Å². The second-order valence-corrected chi connectivity index (χ2v) is 2.86. The Balaban J connectivity index is 0. The van der Waals surface area contributed by atoms with Gasteiger partial charge in [-0.1, -0.05) is 10.6 Å². The first kappa shape index (κ1) is 11.3. The fraction of sp³-hybridized carbons (Fsp3) is 0.286. The van der Waals surface area contributed by atoms with E-state index < -0.39 is 0 Å². The Morgan fingerprint density at radius 3 is 1.78 bits per heavy atom. The van der Waals surface area contributed by atoms with Crippen LogP contribution >= 0.6 is 0 Å². The second kappa shape index (κ2) is 15.6. The number of nitriles is 1. The quantitative estimate of drug-likeness (QED) is 0.329. The molecule has 1 nitrogen and oxygen atoms in total. The minimum absolute atomic E-state index is 0.586. The van der Waals surface area contributed by atoms with Gasteiger partial charge in [0, 0.05) is 6.57 Å². The number of nitrogens with zero attached hydrogens (tertiary/aromatic N) is 1. The summed E-state index contributed by atoms with van der Waals surface area (Å²) in [6.45, 7) is 10.7. The molecule has 0 saturated heterocycles. The maximum atomic E-state index is 6.50. The molecule has 0 aliphatic carbocycles. The molecule has 0 aromatic rings. The highest BCUT2D eigenvalue weighted by Crippen LogP contribution is 1.84. The highest BCUT2D eigenvalue weighted by Gasteiger charge is 1.79. The molecular formula is C7H11AlN. The molecule has 9 heavy (non-hydrogen) atoms. The largest absolute Gasteiger partial charge is 0.212 e. The zero-order valence-corrected chi connectivity index (χ0v) is 6.74. The normalized spacial score (nSPS) is 6.00. The molecule has 0 aliphatic rings. The van der Waals surface area contributed by atoms with Crippen LogP contribution in [0.2, 0.25) is 10.6 Å². The number of rotatable bonds is 4. The maximum absolute atomic E-state index is 6.50. The Kier molecular flexibility index (Phi) is 19.7. The highest BCUT2D eigenvalue weighted by atomic mass is 27.1. The van der Waals surface area contributed by atoms with E-state index in [0.29, 0.717) is 15.2 Å². The molecule has 0 fully saturated rings. The van der Waals surface area contributed by atoms with Crippen molar-refractivity contribution in [2.45, 2.75) is 10.6 Å². The van der Waals surface area contributed by atoms with Gasteiger partial charge in [-0.25, -0.2) is 5.26 Å². The van der Waals surface area contributed by atoms with Crippen LogP contribution in [0.5, 0.6) is 0 Å². The Bertz CT molecular complexity index is 78.2. The summed E-state index contributed by atoms with van der Waals surface area (Å²) in [7, 11) is 0. The molecule has 0 atom stereocenters. The third kappa shape index (κ3) is 18.5. The van der Waals surface area contributed by atoms with Gasteiger partial charge in [0.15, 0.2) is 0 Å². The molecule has 47 valence electrons. The van der Waals surface area contributed by atoms with E-state index in [-0.39, 0.29) is 0 Å². The summed E-state index contributed by atoms with van der Waals surface area (Å²) in [5, 5.41) is 8.90. The van der Waals surface area contributed by atoms with E-state index in [4.69, 9.17) is 5.26 Å². The van der Waals surface area contributed by atoms with Gasteiger partial charge < -0.3 is 0 Å². The van der Waals surface area contributed by atoms with Crippen LogP contribution in [0, 0.1) is 11.8 Å². The zero-order valence-electron chi connectivity index (χ0n) is 5.59. The topological polar surface area (TPSA) is 23.8 Å². The summed E-state index contributed by atoms with van der Waals surface area (Å²) in [4.78, 5) is 0. The number of hydrogen-bond acceptors (Lipinski definition) is 1. The van der Waals surface area contributed by atoms with E-state index in [1.54, 1.807) is 0 Å². The average Bonchev–Trinajstić information content (AvgIpc) is 1.94. The number of allylic oxidation sites excluding steroid dienone is 2. The lowest BCUT2D eigenvalue weighted by Crippen LogP contribution is -1.79. The lowest BCUT2D eigenvalue weighted by atomic mass is 10.7. The van der Waals surface area contributed by atoms with Crippen LogP contribution in [0.3, 0.4) is 0 Å². The molecule has 0 spiro atoms. The monoisotopic (exact) mass is 136 g/mol. The molecule has 0 saturated carbocycles. The van der Waals surface area contributed by atoms with E-state index in [1.807, 2.05) is 12.2 Å². The van der Waals surface area contributed by atoms with E-state index in [1.165, 1.54) is 10.6 Å². The summed E-state index contributed by atoms with van der Waals surface area (Å²) in [6, 6.07) is 0. The van der Waals surface area contributed by atoms with Crippen molar-refractivity contribution >= 4 is 15.2 Å². The van der Waals surface area contributed by atoms with Crippen molar-refractivity contribution in [3.63, 3.8) is 0 Å². The lowest BCUT2D eigenvalue weighted by Gasteiger charge is -1.80. The third-order valence-corrected chi connectivity index (χ3v) is 2.00. The standard InChI is InChI=1S/2C3H5.CHN.Al/c2*1-3-2;1-2;/h2*3H,1-2H2;1H;. The Morgan fingerprint density at radius 2 is 1.56 bits per heavy atom. The van der Waals surface area contributed by atoms with E-state index in [2.05, 4.69) is 19.7 Å². The third-order valence-electron chi connectivity index (χ3n) is 0.667. The van der Waals surface area contributed by atoms with Gasteiger partial charge in [0.1, 0.15) is 0 Å². The van der Waals surface area contributed by atoms with E-state index in [0.717, 1.165) is 0 Å². The SMILES string of the molecule is C#N.C=C[CH2][Al][CH2]C=C. The lowest BCUT2D eigenvalue weighted by molar-refractivity contribution is 1.58. The molecule has 0 bridgehead atoms. The van der Waals surface area contributed by atoms with Gasteiger partial charge in [0.2, 0.25) is 15.2 Å². The van der Waals surface area contributed by atoms with Crippen molar-refractivity contribution in [3.05, 3.63) is 25.3 Å². The van der Waals surface area contributed by atoms with Gasteiger partial charge in [0.05, 0.1) is 0 Å². The molecule has 2 heteroatoms. The fourth-order valence-corrected chi connectivity index (χ4v) is 0.996. The highest BCUT2D eigenvalue weighted by molar-refractivity contribution is 6.36. The zero-order chi connectivity index (χ0) is 7.54. The Hall–Kier alpha value is -0.498. The van der Waals surface area contributed by atoms with Gasteiger partial charge >= 0.3 is 0 Å². The van der Waals surface area contributed by atoms with Crippen molar-refractivity contribution < 1.29 is 0 Å². The van der Waals surface area contributed by atoms with Crippen LogP contribution in [-0.4, -0.2) is 15.2 Å². The molecule has 0 N–H and O–H groups in total. The molecule has 0 aromatic carbocycles. The van der Waals surface area contributed by atoms with Gasteiger partial charge in [-0.05, 0) is 0 Å². The van der Waals surface area contributed by atoms with Crippen molar-refractivity contribution in [2.24, 2.45) is 0 Å². The summed E-state index contributed by atoms with van der Waals surface area (Å²) in [5.41, 5.74) is 0. The smallest absolute Gasteiger partial charge is 0.202 e. The maximum Gasteiger partial charge on any atom is 0.212 e. The van der Waals surface area contributed by atoms with Crippen LogP contribution in [0.15, 0.2) is 25.3 Å². The molecule has 0 aromatic heterocycles. The molecule has 0 rings (SSSR count). The fourth-order valence-electron chi connectivity index (χ4n) is 0.332. The van der Waals surface area contributed by atoms with Crippen LogP contribution in [0.1, 0.15) is 0 Å². The summed E-state index contributed by atoms with van der Waals surface area (Å²) in [6.07, 6.45) is 3.94. The average molecular weight is 136 g/mol. The first-order valence-corrected chi connectivity index (χ1v) is 4.34. The Labute approximate surface area is 63.4 Å². The first-order chi connectivity index (χ1) is 4.41. The van der Waals surface area contributed by atoms with Gasteiger partial charge in [-0.3, -0.25) is 0 Å². The summed E-state index contributed by atoms with van der Waals surface area (Å²) in [5.74, 6) is 0. The van der Waals surface area contributed by atoms with Gasteiger partial charge in [-0.15, -0.1) is 25.3 Å².